The molecule has 0 bridgehead atoms. The molecule has 1 aromatic carbocycles. The second kappa shape index (κ2) is 6.39. The maximum atomic E-state index is 7.37. The Balaban J connectivity index is 2.49. The van der Waals surface area contributed by atoms with Gasteiger partial charge in [-0.3, -0.25) is 5.10 Å². The third-order valence-corrected chi connectivity index (χ3v) is 3.62. The van der Waals surface area contributed by atoms with Crippen LogP contribution in [0.3, 0.4) is 0 Å². The molecule has 0 radical (unpaired) electrons. The number of nitrogens with zero attached hydrogens (tertiary/aromatic N) is 1. The predicted octanol–water partition coefficient (Wildman–Crippen LogP) is 3.54. The number of hydrogen-bond acceptors (Lipinski definition) is 3. The highest BCUT2D eigenvalue weighted by Crippen LogP contribution is 2.32. The summed E-state index contributed by atoms with van der Waals surface area (Å²) in [4.78, 5) is 0. The molecular weight excluding hydrogens is 260 g/mol. The molecule has 2 aromatic rings. The summed E-state index contributed by atoms with van der Waals surface area (Å²) >= 11 is 0. The Morgan fingerprint density at radius 2 is 2.14 bits per heavy atom. The highest BCUT2D eigenvalue weighted by molar-refractivity contribution is 5.78. The van der Waals surface area contributed by atoms with Crippen LogP contribution in [0.4, 0.5) is 0 Å². The molecule has 0 aliphatic heterocycles. The first-order valence-corrected chi connectivity index (χ1v) is 7.11. The van der Waals surface area contributed by atoms with Crippen LogP contribution in [-0.2, 0) is 6.42 Å². The van der Waals surface area contributed by atoms with Gasteiger partial charge in [0.1, 0.15) is 0 Å². The van der Waals surface area contributed by atoms with E-state index >= 15 is 0 Å². The standard InChI is InChI=1S/C17H22N4/c1-11(2)15-6-12(3)4-5-14(15)16-10-20-21-17(16)7-13(8-18)9-19/h4-6,8-11,18H,7,19H2,1-3H3,(H,20,21)/b13-9-,18-8?. The summed E-state index contributed by atoms with van der Waals surface area (Å²) in [6.45, 7) is 6.50. The Morgan fingerprint density at radius 3 is 2.76 bits per heavy atom. The molecule has 0 fully saturated rings. The average Bonchev–Trinajstić information content (AvgIpc) is 2.92. The quantitative estimate of drug-likeness (QED) is 0.733. The van der Waals surface area contributed by atoms with Crippen molar-refractivity contribution in [1.29, 1.82) is 5.41 Å². The topological polar surface area (TPSA) is 78.5 Å². The normalized spacial score (nSPS) is 11.9. The van der Waals surface area contributed by atoms with E-state index in [9.17, 15) is 0 Å². The van der Waals surface area contributed by atoms with Crippen LogP contribution in [0, 0.1) is 12.3 Å². The van der Waals surface area contributed by atoms with Gasteiger partial charge in [-0.1, -0.05) is 37.6 Å². The summed E-state index contributed by atoms with van der Waals surface area (Å²) in [6.07, 6.45) is 5.18. The van der Waals surface area contributed by atoms with E-state index in [4.69, 9.17) is 11.1 Å². The minimum Gasteiger partial charge on any atom is -0.404 e. The molecule has 1 aromatic heterocycles. The maximum absolute atomic E-state index is 7.37. The van der Waals surface area contributed by atoms with Crippen LogP contribution in [0.5, 0.6) is 0 Å². The number of rotatable bonds is 5. The van der Waals surface area contributed by atoms with E-state index in [1.165, 1.54) is 29.1 Å². The lowest BCUT2D eigenvalue weighted by atomic mass is 9.90. The van der Waals surface area contributed by atoms with Crippen LogP contribution in [0.15, 0.2) is 36.2 Å². The van der Waals surface area contributed by atoms with Crippen molar-refractivity contribution < 1.29 is 0 Å². The van der Waals surface area contributed by atoms with Gasteiger partial charge in [-0.15, -0.1) is 0 Å². The number of nitrogens with one attached hydrogen (secondary N) is 2. The first-order chi connectivity index (χ1) is 10.1. The molecule has 0 spiro atoms. The van der Waals surface area contributed by atoms with Crippen LogP contribution in [-0.4, -0.2) is 16.4 Å². The molecule has 110 valence electrons. The van der Waals surface area contributed by atoms with Crippen LogP contribution in [0.2, 0.25) is 0 Å². The third-order valence-electron chi connectivity index (χ3n) is 3.62. The minimum atomic E-state index is 0.440. The molecule has 2 rings (SSSR count). The minimum absolute atomic E-state index is 0.440. The third kappa shape index (κ3) is 3.21. The molecular formula is C17H22N4. The lowest BCUT2D eigenvalue weighted by Gasteiger charge is -2.14. The second-order valence-corrected chi connectivity index (χ2v) is 5.57. The highest BCUT2D eigenvalue weighted by atomic mass is 15.1. The van der Waals surface area contributed by atoms with Crippen molar-refractivity contribution in [3.8, 4) is 11.1 Å². The summed E-state index contributed by atoms with van der Waals surface area (Å²) < 4.78 is 0. The fourth-order valence-corrected chi connectivity index (χ4v) is 2.45. The molecule has 4 N–H and O–H groups in total. The molecule has 4 nitrogen and oxygen atoms in total. The largest absolute Gasteiger partial charge is 0.404 e. The van der Waals surface area contributed by atoms with E-state index in [-0.39, 0.29) is 0 Å². The molecule has 0 amide bonds. The van der Waals surface area contributed by atoms with Gasteiger partial charge >= 0.3 is 0 Å². The van der Waals surface area contributed by atoms with Crippen molar-refractivity contribution >= 4 is 6.21 Å². The van der Waals surface area contributed by atoms with Crippen molar-refractivity contribution in [2.45, 2.75) is 33.1 Å². The molecule has 0 saturated heterocycles. The number of aromatic amines is 1. The van der Waals surface area contributed by atoms with Crippen molar-refractivity contribution in [3.63, 3.8) is 0 Å². The Morgan fingerprint density at radius 1 is 1.38 bits per heavy atom. The molecule has 0 saturated carbocycles. The van der Waals surface area contributed by atoms with Crippen LogP contribution < -0.4 is 5.73 Å². The lowest BCUT2D eigenvalue weighted by molar-refractivity contribution is 0.867. The molecule has 0 unspecified atom stereocenters. The van der Waals surface area contributed by atoms with Gasteiger partial charge in [0, 0.05) is 23.9 Å². The summed E-state index contributed by atoms with van der Waals surface area (Å²) in [5.74, 6) is 0.440. The Labute approximate surface area is 125 Å². The van der Waals surface area contributed by atoms with E-state index in [1.807, 2.05) is 6.20 Å². The van der Waals surface area contributed by atoms with Gasteiger partial charge < -0.3 is 11.1 Å². The van der Waals surface area contributed by atoms with Crippen LogP contribution >= 0.6 is 0 Å². The Bertz CT molecular complexity index is 665. The van der Waals surface area contributed by atoms with Gasteiger partial charge in [-0.2, -0.15) is 5.10 Å². The molecule has 0 atom stereocenters. The molecule has 0 aliphatic carbocycles. The van der Waals surface area contributed by atoms with Crippen molar-refractivity contribution in [1.82, 2.24) is 10.2 Å². The number of aromatic nitrogens is 2. The van der Waals surface area contributed by atoms with Gasteiger partial charge in [0.05, 0.1) is 6.20 Å². The molecule has 1 heterocycles. The van der Waals surface area contributed by atoms with Crippen LogP contribution in [0.1, 0.15) is 36.6 Å². The smallest absolute Gasteiger partial charge is 0.0568 e. The average molecular weight is 282 g/mol. The highest BCUT2D eigenvalue weighted by Gasteiger charge is 2.14. The number of nitrogens with two attached hydrogens (primary N) is 1. The van der Waals surface area contributed by atoms with Crippen molar-refractivity contribution in [2.75, 3.05) is 0 Å². The SMILES string of the molecule is Cc1ccc(-c2cn[nH]c2C/C(C=N)=C/N)c(C(C)C)c1. The zero-order valence-corrected chi connectivity index (χ0v) is 12.8. The first kappa shape index (κ1) is 15.0. The number of H-pyrrole nitrogens is 1. The fourth-order valence-electron chi connectivity index (χ4n) is 2.45. The summed E-state index contributed by atoms with van der Waals surface area (Å²) in [5.41, 5.74) is 12.1. The van der Waals surface area contributed by atoms with Gasteiger partial charge in [-0.05, 0) is 35.7 Å². The van der Waals surface area contributed by atoms with Gasteiger partial charge in [0.15, 0.2) is 0 Å². The monoisotopic (exact) mass is 282 g/mol. The van der Waals surface area contributed by atoms with E-state index in [2.05, 4.69) is 49.2 Å². The van der Waals surface area contributed by atoms with E-state index < -0.39 is 0 Å². The van der Waals surface area contributed by atoms with E-state index in [1.54, 1.807) is 0 Å². The van der Waals surface area contributed by atoms with E-state index in [0.29, 0.717) is 12.3 Å². The van der Waals surface area contributed by atoms with Gasteiger partial charge in [0.2, 0.25) is 0 Å². The molecule has 21 heavy (non-hydrogen) atoms. The van der Waals surface area contributed by atoms with Crippen molar-refractivity contribution in [2.24, 2.45) is 5.73 Å². The zero-order chi connectivity index (χ0) is 15.4. The fraction of sp³-hybridized carbons (Fsp3) is 0.294. The van der Waals surface area contributed by atoms with Crippen molar-refractivity contribution in [3.05, 3.63) is 53.0 Å². The summed E-state index contributed by atoms with van der Waals surface area (Å²) in [6, 6.07) is 6.50. The summed E-state index contributed by atoms with van der Waals surface area (Å²) in [7, 11) is 0. The van der Waals surface area contributed by atoms with E-state index in [0.717, 1.165) is 16.8 Å². The Kier molecular flexibility index (Phi) is 4.58. The van der Waals surface area contributed by atoms with Crippen LogP contribution in [0.25, 0.3) is 11.1 Å². The second-order valence-electron chi connectivity index (χ2n) is 5.57. The maximum Gasteiger partial charge on any atom is 0.0568 e. The lowest BCUT2D eigenvalue weighted by Crippen LogP contribution is -1.99. The molecule has 0 aliphatic rings. The number of allylic oxidation sites excluding steroid dienone is 1. The summed E-state index contributed by atoms with van der Waals surface area (Å²) in [5, 5.41) is 14.6. The Hall–Kier alpha value is -2.36. The zero-order valence-electron chi connectivity index (χ0n) is 12.8. The number of benzene rings is 1. The van der Waals surface area contributed by atoms with Gasteiger partial charge in [-0.25, -0.2) is 0 Å². The predicted molar refractivity (Wildman–Crippen MR) is 87.6 cm³/mol. The molecule has 4 heteroatoms. The van der Waals surface area contributed by atoms with Gasteiger partial charge in [0.25, 0.3) is 0 Å². The number of hydrogen-bond donors (Lipinski definition) is 3. The number of aryl methyl sites for hydroxylation is 1. The first-order valence-electron chi connectivity index (χ1n) is 7.11.